The predicted octanol–water partition coefficient (Wildman–Crippen LogP) is 2.08. The minimum absolute atomic E-state index is 0.293. The van der Waals surface area contributed by atoms with E-state index in [1.807, 2.05) is 6.07 Å². The second-order valence-electron chi connectivity index (χ2n) is 5.84. The third kappa shape index (κ3) is 6.35. The van der Waals surface area contributed by atoms with Crippen LogP contribution >= 0.6 is 11.3 Å². The first-order chi connectivity index (χ1) is 14.3. The number of carbonyl (C=O) groups is 3. The van der Waals surface area contributed by atoms with Gasteiger partial charge >= 0.3 is 5.97 Å². The molecular weight excluding hydrogens is 410 g/mol. The lowest BCUT2D eigenvalue weighted by Crippen LogP contribution is -2.29. The van der Waals surface area contributed by atoms with E-state index in [-0.39, 0.29) is 6.61 Å². The highest BCUT2D eigenvalue weighted by molar-refractivity contribution is 7.14. The Morgan fingerprint density at radius 2 is 2.07 bits per heavy atom. The second kappa shape index (κ2) is 10.6. The Kier molecular flexibility index (Phi) is 7.96. The van der Waals surface area contributed by atoms with Crippen LogP contribution in [0.5, 0.6) is 11.5 Å². The molecule has 3 N–H and O–H groups in total. The largest absolute Gasteiger partial charge is 0.493 e. The number of nitriles is 1. The van der Waals surface area contributed by atoms with Crippen LogP contribution in [0.25, 0.3) is 6.08 Å². The quantitative estimate of drug-likeness (QED) is 0.459. The lowest BCUT2D eigenvalue weighted by molar-refractivity contribution is -0.148. The van der Waals surface area contributed by atoms with Crippen LogP contribution in [0.1, 0.15) is 18.1 Å². The van der Waals surface area contributed by atoms with Crippen LogP contribution in [0.15, 0.2) is 35.7 Å². The van der Waals surface area contributed by atoms with Gasteiger partial charge in [-0.3, -0.25) is 9.59 Å². The Balaban J connectivity index is 1.95. The summed E-state index contributed by atoms with van der Waals surface area (Å²) in [4.78, 5) is 35.0. The molecule has 2 aromatic rings. The van der Waals surface area contributed by atoms with E-state index in [0.717, 1.165) is 6.08 Å². The van der Waals surface area contributed by atoms with Crippen LogP contribution < -0.4 is 20.5 Å². The van der Waals surface area contributed by atoms with Gasteiger partial charge in [0.25, 0.3) is 11.8 Å². The molecule has 0 aliphatic rings. The summed E-state index contributed by atoms with van der Waals surface area (Å²) in [5.41, 5.74) is 5.98. The van der Waals surface area contributed by atoms with Crippen molar-refractivity contribution in [2.24, 2.45) is 5.73 Å². The number of nitrogens with zero attached hydrogens (tertiary/aromatic N) is 1. The van der Waals surface area contributed by atoms with Crippen molar-refractivity contribution < 1.29 is 28.6 Å². The first-order valence-electron chi connectivity index (χ1n) is 8.60. The van der Waals surface area contributed by atoms with E-state index in [2.05, 4.69) is 5.32 Å². The van der Waals surface area contributed by atoms with E-state index in [1.54, 1.807) is 29.6 Å². The van der Waals surface area contributed by atoms with E-state index in [1.165, 1.54) is 31.4 Å². The zero-order chi connectivity index (χ0) is 22.1. The van der Waals surface area contributed by atoms with Gasteiger partial charge in [0.1, 0.15) is 11.1 Å². The van der Waals surface area contributed by atoms with Gasteiger partial charge < -0.3 is 25.3 Å². The summed E-state index contributed by atoms with van der Waals surface area (Å²) in [7, 11) is 1.43. The number of primary amides is 1. The maximum Gasteiger partial charge on any atom is 0.331 e. The monoisotopic (exact) mass is 429 g/mol. The highest BCUT2D eigenvalue weighted by Gasteiger charge is 2.18. The number of hydrogen-bond acceptors (Lipinski definition) is 8. The molecular formula is C20H19N3O6S. The van der Waals surface area contributed by atoms with Gasteiger partial charge in [0.05, 0.1) is 12.7 Å². The number of ether oxygens (including phenoxy) is 3. The topological polar surface area (TPSA) is 141 Å². The van der Waals surface area contributed by atoms with Gasteiger partial charge in [-0.05, 0) is 42.1 Å². The summed E-state index contributed by atoms with van der Waals surface area (Å²) in [6, 6.07) is 8.34. The molecule has 2 rings (SSSR count). The van der Waals surface area contributed by atoms with E-state index in [9.17, 15) is 14.4 Å². The van der Waals surface area contributed by atoms with Crippen molar-refractivity contribution in [1.29, 1.82) is 5.26 Å². The van der Waals surface area contributed by atoms with Crippen molar-refractivity contribution in [3.63, 3.8) is 0 Å². The van der Waals surface area contributed by atoms with E-state index in [0.29, 0.717) is 27.6 Å². The Labute approximate surface area is 176 Å². The normalized spacial score (nSPS) is 11.4. The summed E-state index contributed by atoms with van der Waals surface area (Å²) in [5.74, 6) is -1.22. The van der Waals surface area contributed by atoms with Crippen molar-refractivity contribution in [2.45, 2.75) is 13.0 Å². The molecule has 1 heterocycles. The molecule has 0 fully saturated rings. The van der Waals surface area contributed by atoms with Crippen molar-refractivity contribution in [3.05, 3.63) is 46.8 Å². The maximum absolute atomic E-state index is 12.1. The van der Waals surface area contributed by atoms with Gasteiger partial charge in [0, 0.05) is 6.08 Å². The molecule has 156 valence electrons. The van der Waals surface area contributed by atoms with Gasteiger partial charge in [0.15, 0.2) is 24.2 Å². The van der Waals surface area contributed by atoms with Gasteiger partial charge in [0.2, 0.25) is 0 Å². The lowest BCUT2D eigenvalue weighted by Gasteiger charge is -2.12. The van der Waals surface area contributed by atoms with Crippen LogP contribution in [-0.4, -0.2) is 37.6 Å². The summed E-state index contributed by atoms with van der Waals surface area (Å²) >= 11 is 1.20. The number of nitrogens with two attached hydrogens (primary N) is 1. The van der Waals surface area contributed by atoms with Crippen LogP contribution in [0.2, 0.25) is 0 Å². The third-order valence-corrected chi connectivity index (χ3v) is 4.48. The van der Waals surface area contributed by atoms with Crippen LogP contribution in [0.4, 0.5) is 5.00 Å². The van der Waals surface area contributed by atoms with Crippen molar-refractivity contribution in [1.82, 2.24) is 0 Å². The minimum atomic E-state index is -1.06. The fraction of sp³-hybridized carbons (Fsp3) is 0.200. The Bertz CT molecular complexity index is 1010. The van der Waals surface area contributed by atoms with E-state index in [4.69, 9.17) is 25.2 Å². The smallest absolute Gasteiger partial charge is 0.331 e. The summed E-state index contributed by atoms with van der Waals surface area (Å²) in [6.45, 7) is 1.13. The molecule has 0 saturated carbocycles. The molecule has 30 heavy (non-hydrogen) atoms. The Morgan fingerprint density at radius 3 is 2.73 bits per heavy atom. The number of benzene rings is 1. The zero-order valence-electron chi connectivity index (χ0n) is 16.2. The molecule has 0 radical (unpaired) electrons. The molecule has 0 aliphatic carbocycles. The van der Waals surface area contributed by atoms with Crippen molar-refractivity contribution >= 4 is 40.2 Å². The van der Waals surface area contributed by atoms with Gasteiger partial charge in [-0.15, -0.1) is 11.3 Å². The van der Waals surface area contributed by atoms with Gasteiger partial charge in [-0.25, -0.2) is 4.79 Å². The number of anilines is 1. The zero-order valence-corrected chi connectivity index (χ0v) is 17.0. The van der Waals surface area contributed by atoms with Gasteiger partial charge in [-0.2, -0.15) is 5.26 Å². The third-order valence-electron chi connectivity index (χ3n) is 3.65. The van der Waals surface area contributed by atoms with Crippen molar-refractivity contribution in [2.75, 3.05) is 19.0 Å². The average molecular weight is 429 g/mol. The fourth-order valence-electron chi connectivity index (χ4n) is 2.19. The summed E-state index contributed by atoms with van der Waals surface area (Å²) < 4.78 is 15.5. The molecule has 0 bridgehead atoms. The number of hydrogen-bond donors (Lipinski definition) is 2. The molecule has 0 spiro atoms. The lowest BCUT2D eigenvalue weighted by atomic mass is 10.2. The second-order valence-corrected chi connectivity index (χ2v) is 6.76. The molecule has 1 aromatic heterocycles. The molecule has 0 saturated heterocycles. The Hall–Kier alpha value is -3.84. The maximum atomic E-state index is 12.1. The molecule has 1 aromatic carbocycles. The highest BCUT2D eigenvalue weighted by Crippen LogP contribution is 2.28. The molecule has 1 atom stereocenters. The highest BCUT2D eigenvalue weighted by atomic mass is 32.1. The SMILES string of the molecule is COc1cc(/C=C/C(=O)OC(C)C(=O)Nc2sccc2C#N)ccc1OCC(N)=O. The molecule has 0 aliphatic heterocycles. The average Bonchev–Trinajstić information content (AvgIpc) is 3.17. The molecule has 2 amide bonds. The first kappa shape index (κ1) is 22.4. The number of nitrogens with one attached hydrogen (secondary N) is 1. The number of esters is 1. The Morgan fingerprint density at radius 1 is 1.30 bits per heavy atom. The first-order valence-corrected chi connectivity index (χ1v) is 9.48. The molecule has 10 heteroatoms. The van der Waals surface area contributed by atoms with E-state index >= 15 is 0 Å². The summed E-state index contributed by atoms with van der Waals surface area (Å²) in [5, 5.41) is 13.6. The van der Waals surface area contributed by atoms with Crippen LogP contribution in [-0.2, 0) is 19.1 Å². The molecule has 9 nitrogen and oxygen atoms in total. The number of methoxy groups -OCH3 is 1. The standard InChI is InChI=1S/C20H19N3O6S/c1-12(19(26)23-20-14(10-21)7-8-30-20)29-18(25)6-4-13-3-5-15(16(9-13)27-2)28-11-17(22)24/h3-9,12H,11H2,1-2H3,(H2,22,24)(H,23,26)/b6-4+. The minimum Gasteiger partial charge on any atom is -0.493 e. The number of amides is 2. The van der Waals surface area contributed by atoms with Crippen LogP contribution in [0, 0.1) is 11.3 Å². The summed E-state index contributed by atoms with van der Waals surface area (Å²) in [6.07, 6.45) is 1.57. The molecule has 1 unspecified atom stereocenters. The fourth-order valence-corrected chi connectivity index (χ4v) is 2.94. The van der Waals surface area contributed by atoms with Crippen LogP contribution in [0.3, 0.4) is 0 Å². The van der Waals surface area contributed by atoms with Gasteiger partial charge in [-0.1, -0.05) is 6.07 Å². The number of carbonyl (C=O) groups excluding carboxylic acids is 3. The predicted molar refractivity (Wildman–Crippen MR) is 110 cm³/mol. The van der Waals surface area contributed by atoms with Crippen molar-refractivity contribution in [3.8, 4) is 17.6 Å². The number of rotatable bonds is 9. The van der Waals surface area contributed by atoms with E-state index < -0.39 is 23.9 Å². The number of thiophene rings is 1.